The fourth-order valence-corrected chi connectivity index (χ4v) is 1.26. The van der Waals surface area contributed by atoms with Crippen molar-refractivity contribution in [1.82, 2.24) is 0 Å². The van der Waals surface area contributed by atoms with Crippen molar-refractivity contribution in [3.63, 3.8) is 0 Å². The summed E-state index contributed by atoms with van der Waals surface area (Å²) in [6.07, 6.45) is 0. The van der Waals surface area contributed by atoms with Crippen molar-refractivity contribution < 1.29 is 48.0 Å². The Balaban J connectivity index is 4.41. The van der Waals surface area contributed by atoms with Crippen LogP contribution >= 0.6 is 7.82 Å². The molecule has 0 heterocycles. The molecule has 0 bridgehead atoms. The second-order valence-corrected chi connectivity index (χ2v) is 3.27. The number of hydrogen-bond donors (Lipinski definition) is 6. The third kappa shape index (κ3) is 6.51. The first-order chi connectivity index (χ1) is 6.25. The van der Waals surface area contributed by atoms with E-state index >= 15 is 0 Å². The molecule has 0 atom stereocenters. The van der Waals surface area contributed by atoms with Gasteiger partial charge in [0.2, 0.25) is 0 Å². The molecule has 0 aromatic heterocycles. The molecule has 0 aromatic rings. The molecule has 0 aliphatic carbocycles. The van der Waals surface area contributed by atoms with E-state index in [2.05, 4.69) is 13.3 Å². The Morgan fingerprint density at radius 1 is 0.714 bits per heavy atom. The first-order valence-electron chi connectivity index (χ1n) is 2.99. The summed E-state index contributed by atoms with van der Waals surface area (Å²) in [4.78, 5) is 0. The van der Waals surface area contributed by atoms with E-state index in [0.29, 0.717) is 0 Å². The molecule has 0 aliphatic rings. The van der Waals surface area contributed by atoms with Gasteiger partial charge in [-0.05, 0) is 0 Å². The summed E-state index contributed by atoms with van der Waals surface area (Å²) in [7, 11) is -12.8. The molecular weight excluding hydrogens is 223 g/mol. The highest BCUT2D eigenvalue weighted by Gasteiger charge is 2.40. The second kappa shape index (κ2) is 5.83. The number of rotatable bonds is 6. The highest BCUT2D eigenvalue weighted by atomic mass is 31.2. The van der Waals surface area contributed by atoms with Gasteiger partial charge in [0.25, 0.3) is 0 Å². The molecule has 0 aliphatic heterocycles. The summed E-state index contributed by atoms with van der Waals surface area (Å²) < 4.78 is 21.9. The lowest BCUT2D eigenvalue weighted by molar-refractivity contribution is 0.175. The van der Waals surface area contributed by atoms with E-state index < -0.39 is 29.8 Å². The predicted octanol–water partition coefficient (Wildman–Crippen LogP) is -3.95. The van der Waals surface area contributed by atoms with Crippen LogP contribution in [0.5, 0.6) is 0 Å². The van der Waals surface area contributed by atoms with Gasteiger partial charge in [-0.25, -0.2) is 4.57 Å². The molecule has 14 heteroatoms. The maximum Gasteiger partial charge on any atom is 0.642 e. The molecule has 14 heavy (non-hydrogen) atoms. The molecule has 80 valence electrons. The number of hydrogen-bond acceptors (Lipinski definition) is 10. The van der Waals surface area contributed by atoms with E-state index in [9.17, 15) is 4.57 Å². The van der Waals surface area contributed by atoms with Gasteiger partial charge in [-0.3, -0.25) is 13.3 Å². The highest BCUT2D eigenvalue weighted by molar-refractivity contribution is 7.52. The summed E-state index contributed by atoms with van der Waals surface area (Å²) in [5, 5.41) is 49.1. The molecule has 0 rings (SSSR count). The standard InChI is InChI=1S/B3H6O10P/c4-1(5)11-14(10,12-2(6)7)13-3(8)9/h4-9H. The van der Waals surface area contributed by atoms with Gasteiger partial charge in [0, 0.05) is 0 Å². The van der Waals surface area contributed by atoms with Crippen molar-refractivity contribution in [2.75, 3.05) is 0 Å². The van der Waals surface area contributed by atoms with Crippen LogP contribution in [0.4, 0.5) is 0 Å². The van der Waals surface area contributed by atoms with Gasteiger partial charge in [0.1, 0.15) is 0 Å². The smallest absolute Gasteiger partial charge is 0.401 e. The molecular formula is H6B3O10P. The predicted molar refractivity (Wildman–Crippen MR) is 41.4 cm³/mol. The summed E-state index contributed by atoms with van der Waals surface area (Å²) >= 11 is 0. The molecule has 0 saturated heterocycles. The fraction of sp³-hybridized carbons (Fsp3) is 0. The fourth-order valence-electron chi connectivity index (χ4n) is 0.421. The van der Waals surface area contributed by atoms with Crippen molar-refractivity contribution in [2.45, 2.75) is 0 Å². The Labute approximate surface area is 78.8 Å². The van der Waals surface area contributed by atoms with Gasteiger partial charge < -0.3 is 30.1 Å². The Bertz CT molecular complexity index is 166. The van der Waals surface area contributed by atoms with Crippen molar-refractivity contribution in [2.24, 2.45) is 0 Å². The molecule has 0 radical (unpaired) electrons. The van der Waals surface area contributed by atoms with Gasteiger partial charge >= 0.3 is 29.8 Å². The van der Waals surface area contributed by atoms with Crippen LogP contribution in [0.25, 0.3) is 0 Å². The van der Waals surface area contributed by atoms with Crippen LogP contribution in [0.15, 0.2) is 0 Å². The Morgan fingerprint density at radius 2 is 0.929 bits per heavy atom. The molecule has 0 aromatic carbocycles. The summed E-state index contributed by atoms with van der Waals surface area (Å²) in [6, 6.07) is 0. The van der Waals surface area contributed by atoms with Crippen molar-refractivity contribution in [3.05, 3.63) is 0 Å². The van der Waals surface area contributed by atoms with Crippen LogP contribution in [0.2, 0.25) is 0 Å². The minimum absolute atomic E-state index is 2.63. The lowest BCUT2D eigenvalue weighted by atomic mass is 10.3. The topological polar surface area (TPSA) is 166 Å². The van der Waals surface area contributed by atoms with E-state index in [1.807, 2.05) is 0 Å². The molecule has 0 unspecified atom stereocenters. The van der Waals surface area contributed by atoms with E-state index in [0.717, 1.165) is 0 Å². The number of phosphoric acid groups is 1. The largest absolute Gasteiger partial charge is 0.642 e. The van der Waals surface area contributed by atoms with Crippen molar-refractivity contribution in [1.29, 1.82) is 0 Å². The minimum atomic E-state index is -4.89. The highest BCUT2D eigenvalue weighted by Crippen LogP contribution is 2.49. The zero-order valence-corrected chi connectivity index (χ0v) is 7.39. The first-order valence-corrected chi connectivity index (χ1v) is 4.45. The van der Waals surface area contributed by atoms with Crippen LogP contribution in [-0.2, 0) is 17.9 Å². The zero-order valence-electron chi connectivity index (χ0n) is 6.50. The van der Waals surface area contributed by atoms with E-state index in [-0.39, 0.29) is 0 Å². The molecule has 0 fully saturated rings. The first kappa shape index (κ1) is 14.1. The zero-order chi connectivity index (χ0) is 11.4. The monoisotopic (exact) mass is 230 g/mol. The molecule has 10 nitrogen and oxygen atoms in total. The lowest BCUT2D eigenvalue weighted by Crippen LogP contribution is -2.26. The van der Waals surface area contributed by atoms with Crippen LogP contribution in [0.1, 0.15) is 0 Å². The third-order valence-corrected chi connectivity index (χ3v) is 2.01. The van der Waals surface area contributed by atoms with Crippen molar-refractivity contribution in [3.8, 4) is 0 Å². The maximum atomic E-state index is 11.0. The summed E-state index contributed by atoms with van der Waals surface area (Å²) in [6.45, 7) is 0. The van der Waals surface area contributed by atoms with Gasteiger partial charge in [-0.15, -0.1) is 0 Å². The van der Waals surface area contributed by atoms with Crippen LogP contribution in [0, 0.1) is 0 Å². The summed E-state index contributed by atoms with van der Waals surface area (Å²) in [5.74, 6) is 0. The SMILES string of the molecule is O=P(OB(O)O)(OB(O)O)OB(O)O. The van der Waals surface area contributed by atoms with Crippen LogP contribution in [0.3, 0.4) is 0 Å². The van der Waals surface area contributed by atoms with Gasteiger partial charge in [-0.2, -0.15) is 0 Å². The Hall–Kier alpha value is 0.0648. The Morgan fingerprint density at radius 3 is 1.07 bits per heavy atom. The maximum absolute atomic E-state index is 11.0. The average Bonchev–Trinajstić information content (AvgIpc) is 1.76. The lowest BCUT2D eigenvalue weighted by Gasteiger charge is -2.16. The molecule has 0 saturated carbocycles. The van der Waals surface area contributed by atoms with Gasteiger partial charge in [0.15, 0.2) is 0 Å². The van der Waals surface area contributed by atoms with E-state index in [1.165, 1.54) is 0 Å². The van der Waals surface area contributed by atoms with Crippen LogP contribution in [-0.4, -0.2) is 52.1 Å². The van der Waals surface area contributed by atoms with Gasteiger partial charge in [0.05, 0.1) is 0 Å². The molecule has 6 N–H and O–H groups in total. The normalized spacial score (nSPS) is 11.3. The third-order valence-electron chi connectivity index (χ3n) is 0.670. The minimum Gasteiger partial charge on any atom is -0.401 e. The molecule has 0 amide bonds. The second-order valence-electron chi connectivity index (χ2n) is 1.74. The van der Waals surface area contributed by atoms with Crippen LogP contribution < -0.4 is 0 Å². The van der Waals surface area contributed by atoms with E-state index in [1.54, 1.807) is 0 Å². The van der Waals surface area contributed by atoms with E-state index in [4.69, 9.17) is 30.1 Å². The van der Waals surface area contributed by atoms with Crippen molar-refractivity contribution >= 4 is 29.8 Å². The van der Waals surface area contributed by atoms with Gasteiger partial charge in [-0.1, -0.05) is 0 Å². The summed E-state index contributed by atoms with van der Waals surface area (Å²) in [5.41, 5.74) is 0. The molecule has 0 spiro atoms. The average molecular weight is 229 g/mol. The Kier molecular flexibility index (Phi) is 5.85. The quantitative estimate of drug-likeness (QED) is 0.195.